The lowest BCUT2D eigenvalue weighted by atomic mass is 9.70. The van der Waals surface area contributed by atoms with Crippen molar-refractivity contribution in [1.29, 1.82) is 0 Å². The molecular formula is C33H35F2N2O+. The third kappa shape index (κ3) is 4.63. The summed E-state index contributed by atoms with van der Waals surface area (Å²) in [7, 11) is 0. The molecule has 2 unspecified atom stereocenters. The van der Waals surface area contributed by atoms with E-state index in [0.717, 1.165) is 58.9 Å². The molecular weight excluding hydrogens is 478 g/mol. The summed E-state index contributed by atoms with van der Waals surface area (Å²) in [4.78, 5) is 4.60. The van der Waals surface area contributed by atoms with Gasteiger partial charge in [0.2, 0.25) is 0 Å². The summed E-state index contributed by atoms with van der Waals surface area (Å²) in [5.74, 6) is 0.849. The van der Waals surface area contributed by atoms with E-state index >= 15 is 4.39 Å². The molecule has 0 spiro atoms. The molecule has 38 heavy (non-hydrogen) atoms. The summed E-state index contributed by atoms with van der Waals surface area (Å²) < 4.78 is 37.3. The second kappa shape index (κ2) is 10.5. The maximum absolute atomic E-state index is 15.0. The lowest BCUT2D eigenvalue weighted by molar-refractivity contribution is -0.986. The molecule has 2 bridgehead atoms. The van der Waals surface area contributed by atoms with Crippen LogP contribution in [0.1, 0.15) is 49.0 Å². The van der Waals surface area contributed by atoms with Gasteiger partial charge in [0, 0.05) is 41.5 Å². The quantitative estimate of drug-likeness (QED) is 0.226. The van der Waals surface area contributed by atoms with Crippen LogP contribution in [-0.2, 0) is 17.9 Å². The third-order valence-corrected chi connectivity index (χ3v) is 9.14. The smallest absolute Gasteiger partial charge is 0.135 e. The first kappa shape index (κ1) is 25.1. The van der Waals surface area contributed by atoms with Gasteiger partial charge in [-0.1, -0.05) is 61.5 Å². The maximum atomic E-state index is 15.0. The fourth-order valence-corrected chi connectivity index (χ4v) is 7.18. The number of halogens is 2. The summed E-state index contributed by atoms with van der Waals surface area (Å²) in [5, 5.41) is 1.06. The van der Waals surface area contributed by atoms with Crippen molar-refractivity contribution in [3.63, 3.8) is 0 Å². The highest BCUT2D eigenvalue weighted by Crippen LogP contribution is 2.49. The second-order valence-corrected chi connectivity index (χ2v) is 11.1. The molecule has 3 saturated heterocycles. The number of pyridine rings is 1. The van der Waals surface area contributed by atoms with Crippen LogP contribution in [0.5, 0.6) is 0 Å². The molecule has 3 fully saturated rings. The Labute approximate surface area is 223 Å². The van der Waals surface area contributed by atoms with Gasteiger partial charge in [-0.25, -0.2) is 8.78 Å². The van der Waals surface area contributed by atoms with Gasteiger partial charge >= 0.3 is 0 Å². The first-order valence-corrected chi connectivity index (χ1v) is 13.9. The van der Waals surface area contributed by atoms with Gasteiger partial charge in [-0.15, -0.1) is 0 Å². The van der Waals surface area contributed by atoms with Gasteiger partial charge in [0.25, 0.3) is 0 Å². The minimum Gasteiger partial charge on any atom is -0.362 e. The highest BCUT2D eigenvalue weighted by Gasteiger charge is 2.55. The van der Waals surface area contributed by atoms with Crippen molar-refractivity contribution in [3.8, 4) is 0 Å². The molecule has 5 atom stereocenters. The van der Waals surface area contributed by atoms with Crippen molar-refractivity contribution in [2.24, 2.45) is 11.8 Å². The molecule has 3 aromatic carbocycles. The molecule has 3 aliphatic heterocycles. The SMILES string of the molecule is CCC1C[N@@+]2(Cc3ccccc3F)CC[C@@H]1CC2[C@@H](OCc1ccccc1F)c1ccnc2ccccc12. The normalized spacial score (nSPS) is 25.5. The minimum atomic E-state index is -0.269. The number of ether oxygens (including phenoxy) is 1. The Balaban J connectivity index is 1.45. The predicted octanol–water partition coefficient (Wildman–Crippen LogP) is 7.61. The van der Waals surface area contributed by atoms with Crippen LogP contribution < -0.4 is 0 Å². The Morgan fingerprint density at radius 3 is 2.39 bits per heavy atom. The van der Waals surface area contributed by atoms with Crippen LogP contribution in [0.2, 0.25) is 0 Å². The second-order valence-electron chi connectivity index (χ2n) is 11.1. The molecule has 0 radical (unpaired) electrons. The summed E-state index contributed by atoms with van der Waals surface area (Å²) in [6, 6.07) is 24.4. The number of hydrogen-bond acceptors (Lipinski definition) is 2. The fourth-order valence-electron chi connectivity index (χ4n) is 7.18. The maximum Gasteiger partial charge on any atom is 0.135 e. The summed E-state index contributed by atoms with van der Waals surface area (Å²) >= 11 is 0. The van der Waals surface area contributed by atoms with Crippen molar-refractivity contribution >= 4 is 10.9 Å². The topological polar surface area (TPSA) is 22.1 Å². The van der Waals surface area contributed by atoms with Gasteiger partial charge < -0.3 is 9.22 Å². The number of quaternary nitrogens is 1. The average molecular weight is 514 g/mol. The molecule has 4 heterocycles. The number of rotatable bonds is 8. The molecule has 4 aromatic rings. The van der Waals surface area contributed by atoms with E-state index in [9.17, 15) is 4.39 Å². The molecule has 0 N–H and O–H groups in total. The van der Waals surface area contributed by atoms with Gasteiger partial charge in [-0.05, 0) is 42.2 Å². The molecule has 1 aromatic heterocycles. The summed E-state index contributed by atoms with van der Waals surface area (Å²) in [6.45, 7) is 5.13. The Hall–Kier alpha value is -3.15. The zero-order valence-electron chi connectivity index (χ0n) is 21.9. The van der Waals surface area contributed by atoms with E-state index in [1.165, 1.54) is 6.07 Å². The number of aromatic nitrogens is 1. The highest BCUT2D eigenvalue weighted by atomic mass is 19.1. The third-order valence-electron chi connectivity index (χ3n) is 9.14. The van der Waals surface area contributed by atoms with Crippen LogP contribution >= 0.6 is 0 Å². The monoisotopic (exact) mass is 513 g/mol. The Morgan fingerprint density at radius 2 is 1.63 bits per heavy atom. The van der Waals surface area contributed by atoms with Crippen molar-refractivity contribution in [1.82, 2.24) is 4.98 Å². The van der Waals surface area contributed by atoms with Crippen LogP contribution in [0.15, 0.2) is 85.1 Å². The number of nitrogens with zero attached hydrogens (tertiary/aromatic N) is 2. The molecule has 5 heteroatoms. The van der Waals surface area contributed by atoms with E-state index in [2.05, 4.69) is 24.0 Å². The lowest BCUT2D eigenvalue weighted by Crippen LogP contribution is -2.68. The minimum absolute atomic E-state index is 0.133. The van der Waals surface area contributed by atoms with Crippen LogP contribution in [-0.4, -0.2) is 28.6 Å². The Bertz CT molecular complexity index is 1420. The van der Waals surface area contributed by atoms with E-state index in [-0.39, 0.29) is 30.4 Å². The molecule has 3 aliphatic rings. The average Bonchev–Trinajstić information content (AvgIpc) is 2.95. The van der Waals surface area contributed by atoms with Gasteiger partial charge in [-0.3, -0.25) is 4.98 Å². The number of benzene rings is 3. The number of hydrogen-bond donors (Lipinski definition) is 0. The zero-order chi connectivity index (χ0) is 26.1. The van der Waals surface area contributed by atoms with E-state index in [4.69, 9.17) is 4.74 Å². The van der Waals surface area contributed by atoms with E-state index in [0.29, 0.717) is 23.9 Å². The largest absolute Gasteiger partial charge is 0.362 e. The van der Waals surface area contributed by atoms with Crippen molar-refractivity contribution in [2.75, 3.05) is 13.1 Å². The number of piperidine rings is 3. The molecule has 3 nitrogen and oxygen atoms in total. The van der Waals surface area contributed by atoms with Gasteiger partial charge in [0.15, 0.2) is 0 Å². The van der Waals surface area contributed by atoms with Crippen LogP contribution in [0.4, 0.5) is 8.78 Å². The highest BCUT2D eigenvalue weighted by molar-refractivity contribution is 5.82. The summed E-state index contributed by atoms with van der Waals surface area (Å²) in [6.07, 6.45) is 4.89. The van der Waals surface area contributed by atoms with E-state index in [1.807, 2.05) is 42.6 Å². The first-order chi connectivity index (χ1) is 18.6. The lowest BCUT2D eigenvalue weighted by Gasteiger charge is -2.59. The first-order valence-electron chi connectivity index (χ1n) is 13.9. The van der Waals surface area contributed by atoms with Crippen LogP contribution in [0.25, 0.3) is 10.9 Å². The van der Waals surface area contributed by atoms with Gasteiger partial charge in [-0.2, -0.15) is 0 Å². The number of para-hydroxylation sites is 1. The van der Waals surface area contributed by atoms with E-state index < -0.39 is 0 Å². The van der Waals surface area contributed by atoms with Gasteiger partial charge in [0.1, 0.15) is 30.3 Å². The van der Waals surface area contributed by atoms with E-state index in [1.54, 1.807) is 24.3 Å². The predicted molar refractivity (Wildman–Crippen MR) is 146 cm³/mol. The zero-order valence-corrected chi connectivity index (χ0v) is 21.9. The van der Waals surface area contributed by atoms with Crippen molar-refractivity contribution < 1.29 is 18.0 Å². The Morgan fingerprint density at radius 1 is 0.921 bits per heavy atom. The molecule has 0 aliphatic carbocycles. The Kier molecular flexibility index (Phi) is 6.98. The van der Waals surface area contributed by atoms with Crippen molar-refractivity contribution in [3.05, 3.63) is 113 Å². The fraction of sp³-hybridized carbons (Fsp3) is 0.364. The van der Waals surface area contributed by atoms with Gasteiger partial charge in [0.05, 0.1) is 25.2 Å². The van der Waals surface area contributed by atoms with Crippen LogP contribution in [0, 0.1) is 23.5 Å². The van der Waals surface area contributed by atoms with Crippen LogP contribution in [0.3, 0.4) is 0 Å². The molecule has 196 valence electrons. The molecule has 0 saturated carbocycles. The summed E-state index contributed by atoms with van der Waals surface area (Å²) in [5.41, 5.74) is 3.33. The molecule has 7 rings (SSSR count). The molecule has 0 amide bonds. The number of fused-ring (bicyclic) bond motifs is 4. The van der Waals surface area contributed by atoms with Crippen molar-refractivity contribution in [2.45, 2.75) is 51.5 Å². The standard InChI is InChI=1S/C33H35F2N2O/c1-2-23-20-37(21-25-9-3-6-12-29(25)34)18-16-24(23)19-32(37)33(38-22-26-10-4-7-13-30(26)35)28-15-17-36-31-14-8-5-11-27(28)31/h3-15,17,23-24,32-33H,2,16,18-22H2,1H3/q+1/t23?,24-,32?,33+,37-/m1/s1.